The second-order valence-electron chi connectivity index (χ2n) is 5.91. The van der Waals surface area contributed by atoms with Crippen LogP contribution < -0.4 is 0 Å². The molecule has 0 bridgehead atoms. The van der Waals surface area contributed by atoms with E-state index >= 15 is 0 Å². The van der Waals surface area contributed by atoms with Crippen molar-refractivity contribution in [2.45, 2.75) is 66.2 Å². The van der Waals surface area contributed by atoms with E-state index in [0.29, 0.717) is 0 Å². The molecule has 92 valence electrons. The second-order valence-corrected chi connectivity index (χ2v) is 5.91. The third-order valence-corrected chi connectivity index (χ3v) is 2.29. The highest BCUT2D eigenvalue weighted by molar-refractivity contribution is 5.21. The second kappa shape index (κ2) is 5.47. The Bertz CT molecular complexity index is 284. The van der Waals surface area contributed by atoms with Crippen LogP contribution in [-0.4, -0.2) is 4.98 Å². The molecular formula is C15H27N. The lowest BCUT2D eigenvalue weighted by Crippen LogP contribution is -2.19. The molecule has 0 atom stereocenters. The molecular weight excluding hydrogens is 194 g/mol. The summed E-state index contributed by atoms with van der Waals surface area (Å²) < 4.78 is 0. The van der Waals surface area contributed by atoms with Gasteiger partial charge in [-0.15, -0.1) is 0 Å². The third kappa shape index (κ3) is 4.34. The van der Waals surface area contributed by atoms with E-state index in [1.165, 1.54) is 11.4 Å². The van der Waals surface area contributed by atoms with Crippen LogP contribution >= 0.6 is 0 Å². The highest BCUT2D eigenvalue weighted by Gasteiger charge is 2.20. The van der Waals surface area contributed by atoms with Crippen molar-refractivity contribution in [3.8, 4) is 0 Å². The molecule has 0 aliphatic rings. The van der Waals surface area contributed by atoms with Gasteiger partial charge in [0.15, 0.2) is 0 Å². The average molecular weight is 221 g/mol. The zero-order valence-corrected chi connectivity index (χ0v) is 12.2. The van der Waals surface area contributed by atoms with Crippen LogP contribution in [0, 0.1) is 0 Å². The van der Waals surface area contributed by atoms with Gasteiger partial charge in [-0.25, -0.2) is 0 Å². The van der Waals surface area contributed by atoms with Gasteiger partial charge < -0.3 is 0 Å². The molecule has 0 saturated heterocycles. The SMILES string of the molecule is CC.CC(C)(C)c1cccc(C(C)(C)C)n1. The van der Waals surface area contributed by atoms with Gasteiger partial charge in [-0.2, -0.15) is 0 Å². The molecule has 1 rings (SSSR count). The van der Waals surface area contributed by atoms with Gasteiger partial charge in [0.1, 0.15) is 0 Å². The highest BCUT2D eigenvalue weighted by Crippen LogP contribution is 2.24. The Morgan fingerprint density at radius 1 is 0.750 bits per heavy atom. The van der Waals surface area contributed by atoms with E-state index in [4.69, 9.17) is 4.98 Å². The van der Waals surface area contributed by atoms with Crippen molar-refractivity contribution in [3.05, 3.63) is 29.6 Å². The maximum Gasteiger partial charge on any atom is 0.0460 e. The maximum atomic E-state index is 4.72. The molecule has 1 heteroatoms. The number of nitrogens with zero attached hydrogens (tertiary/aromatic N) is 1. The molecule has 1 aromatic rings. The summed E-state index contributed by atoms with van der Waals surface area (Å²) in [7, 11) is 0. The minimum atomic E-state index is 0.140. The molecule has 0 saturated carbocycles. The van der Waals surface area contributed by atoms with Crippen molar-refractivity contribution < 1.29 is 0 Å². The predicted molar refractivity (Wildman–Crippen MR) is 73.0 cm³/mol. The van der Waals surface area contributed by atoms with Gasteiger partial charge in [0.2, 0.25) is 0 Å². The molecule has 1 heterocycles. The van der Waals surface area contributed by atoms with Crippen LogP contribution in [0.15, 0.2) is 18.2 Å². The van der Waals surface area contributed by atoms with E-state index < -0.39 is 0 Å². The summed E-state index contributed by atoms with van der Waals surface area (Å²) in [6.45, 7) is 17.2. The lowest BCUT2D eigenvalue weighted by molar-refractivity contribution is 0.531. The Morgan fingerprint density at radius 2 is 1.06 bits per heavy atom. The lowest BCUT2D eigenvalue weighted by Gasteiger charge is -2.23. The van der Waals surface area contributed by atoms with E-state index in [1.54, 1.807) is 0 Å². The van der Waals surface area contributed by atoms with Crippen LogP contribution in [-0.2, 0) is 10.8 Å². The summed E-state index contributed by atoms with van der Waals surface area (Å²) in [5.74, 6) is 0. The van der Waals surface area contributed by atoms with E-state index in [9.17, 15) is 0 Å². The maximum absolute atomic E-state index is 4.72. The van der Waals surface area contributed by atoms with Crippen LogP contribution in [0.25, 0.3) is 0 Å². The minimum absolute atomic E-state index is 0.140. The van der Waals surface area contributed by atoms with Gasteiger partial charge in [0.25, 0.3) is 0 Å². The van der Waals surface area contributed by atoms with E-state index in [-0.39, 0.29) is 10.8 Å². The molecule has 0 fully saturated rings. The fraction of sp³-hybridized carbons (Fsp3) is 0.667. The Balaban J connectivity index is 0.00000106. The van der Waals surface area contributed by atoms with Crippen LogP contribution in [0.3, 0.4) is 0 Å². The summed E-state index contributed by atoms with van der Waals surface area (Å²) in [4.78, 5) is 4.72. The summed E-state index contributed by atoms with van der Waals surface area (Å²) in [5.41, 5.74) is 2.62. The molecule has 1 aromatic heterocycles. The van der Waals surface area contributed by atoms with Crippen molar-refractivity contribution in [3.63, 3.8) is 0 Å². The summed E-state index contributed by atoms with van der Waals surface area (Å²) in [6, 6.07) is 6.32. The molecule has 0 N–H and O–H groups in total. The highest BCUT2D eigenvalue weighted by atomic mass is 14.7. The molecule has 0 spiro atoms. The van der Waals surface area contributed by atoms with Gasteiger partial charge >= 0.3 is 0 Å². The number of aromatic nitrogens is 1. The average Bonchev–Trinajstić information content (AvgIpc) is 2.18. The smallest absolute Gasteiger partial charge is 0.0460 e. The van der Waals surface area contributed by atoms with Gasteiger partial charge in [-0.3, -0.25) is 4.98 Å². The Morgan fingerprint density at radius 3 is 1.31 bits per heavy atom. The first-order chi connectivity index (χ1) is 7.21. The zero-order valence-electron chi connectivity index (χ0n) is 12.2. The van der Waals surface area contributed by atoms with Crippen molar-refractivity contribution in [1.82, 2.24) is 4.98 Å². The predicted octanol–water partition coefficient (Wildman–Crippen LogP) is 4.70. The molecule has 1 nitrogen and oxygen atoms in total. The first-order valence-corrected chi connectivity index (χ1v) is 6.19. The standard InChI is InChI=1S/C13H21N.C2H6/c1-12(2,3)10-8-7-9-11(14-10)13(4,5)6;1-2/h7-9H,1-6H3;1-2H3. The van der Waals surface area contributed by atoms with Gasteiger partial charge in [0.05, 0.1) is 0 Å². The normalized spacial score (nSPS) is 11.8. The number of pyridine rings is 1. The summed E-state index contributed by atoms with van der Waals surface area (Å²) in [5, 5.41) is 0. The molecule has 0 aliphatic heterocycles. The molecule has 0 aliphatic carbocycles. The number of rotatable bonds is 0. The van der Waals surface area contributed by atoms with Gasteiger partial charge in [0, 0.05) is 22.2 Å². The number of hydrogen-bond acceptors (Lipinski definition) is 1. The van der Waals surface area contributed by atoms with Crippen LogP contribution in [0.2, 0.25) is 0 Å². The van der Waals surface area contributed by atoms with Crippen LogP contribution in [0.4, 0.5) is 0 Å². The summed E-state index contributed by atoms with van der Waals surface area (Å²) in [6.07, 6.45) is 0. The zero-order chi connectivity index (χ0) is 13.0. The monoisotopic (exact) mass is 221 g/mol. The van der Waals surface area contributed by atoms with Gasteiger partial charge in [-0.1, -0.05) is 61.5 Å². The topological polar surface area (TPSA) is 12.9 Å². The first-order valence-electron chi connectivity index (χ1n) is 6.19. The fourth-order valence-corrected chi connectivity index (χ4v) is 1.27. The fourth-order valence-electron chi connectivity index (χ4n) is 1.27. The molecule has 0 radical (unpaired) electrons. The Hall–Kier alpha value is -0.850. The van der Waals surface area contributed by atoms with Crippen molar-refractivity contribution in [2.24, 2.45) is 0 Å². The lowest BCUT2D eigenvalue weighted by atomic mass is 9.88. The quantitative estimate of drug-likeness (QED) is 0.618. The van der Waals surface area contributed by atoms with Crippen molar-refractivity contribution in [2.75, 3.05) is 0 Å². The third-order valence-electron chi connectivity index (χ3n) is 2.29. The van der Waals surface area contributed by atoms with Crippen molar-refractivity contribution in [1.29, 1.82) is 0 Å². The van der Waals surface area contributed by atoms with Crippen LogP contribution in [0.1, 0.15) is 66.8 Å². The Labute approximate surface area is 101 Å². The summed E-state index contributed by atoms with van der Waals surface area (Å²) >= 11 is 0. The number of hydrogen-bond donors (Lipinski definition) is 0. The largest absolute Gasteiger partial charge is 0.257 e. The van der Waals surface area contributed by atoms with Gasteiger partial charge in [-0.05, 0) is 12.1 Å². The first kappa shape index (κ1) is 15.2. The van der Waals surface area contributed by atoms with E-state index in [2.05, 4.69) is 59.7 Å². The van der Waals surface area contributed by atoms with Crippen LogP contribution in [0.5, 0.6) is 0 Å². The molecule has 0 aromatic carbocycles. The minimum Gasteiger partial charge on any atom is -0.257 e. The molecule has 16 heavy (non-hydrogen) atoms. The molecule has 0 amide bonds. The molecule has 0 unspecified atom stereocenters. The van der Waals surface area contributed by atoms with Crippen molar-refractivity contribution >= 4 is 0 Å². The Kier molecular flexibility index (Phi) is 5.18. The van der Waals surface area contributed by atoms with E-state index in [1.807, 2.05) is 13.8 Å². The van der Waals surface area contributed by atoms with E-state index in [0.717, 1.165) is 0 Å².